The Labute approximate surface area is 125 Å². The Kier molecular flexibility index (Phi) is 4.95. The summed E-state index contributed by atoms with van der Waals surface area (Å²) in [5.74, 6) is 0.128. The molecular formula is C17H21N3O. The number of nitrogens with one attached hydrogen (secondary N) is 1. The smallest absolute Gasteiger partial charge is 0.170 e. The van der Waals surface area contributed by atoms with E-state index in [-0.39, 0.29) is 11.9 Å². The van der Waals surface area contributed by atoms with Crippen molar-refractivity contribution < 1.29 is 5.21 Å². The number of amidine groups is 1. The molecule has 0 bridgehead atoms. The van der Waals surface area contributed by atoms with Crippen molar-refractivity contribution in [1.82, 2.24) is 5.32 Å². The molecule has 0 heterocycles. The molecule has 4 nitrogen and oxygen atoms in total. The van der Waals surface area contributed by atoms with Gasteiger partial charge in [-0.15, -0.1) is 0 Å². The first kappa shape index (κ1) is 15.1. The highest BCUT2D eigenvalue weighted by atomic mass is 16.4. The topological polar surface area (TPSA) is 70.6 Å². The van der Waals surface area contributed by atoms with Crippen LogP contribution in [0.4, 0.5) is 0 Å². The lowest BCUT2D eigenvalue weighted by Gasteiger charge is -2.15. The lowest BCUT2D eigenvalue weighted by molar-refractivity contribution is 0.318. The van der Waals surface area contributed by atoms with Crippen molar-refractivity contribution >= 4 is 5.84 Å². The van der Waals surface area contributed by atoms with Gasteiger partial charge in [-0.1, -0.05) is 53.2 Å². The normalized spacial score (nSPS) is 13.1. The lowest BCUT2D eigenvalue weighted by Crippen LogP contribution is -2.19. The van der Waals surface area contributed by atoms with E-state index in [0.29, 0.717) is 0 Å². The Bertz CT molecular complexity index is 620. The van der Waals surface area contributed by atoms with Crippen LogP contribution in [0.2, 0.25) is 0 Å². The van der Waals surface area contributed by atoms with Gasteiger partial charge in [0, 0.05) is 18.2 Å². The molecule has 0 radical (unpaired) electrons. The highest BCUT2D eigenvalue weighted by Gasteiger charge is 2.05. The van der Waals surface area contributed by atoms with Crippen molar-refractivity contribution in [2.75, 3.05) is 0 Å². The first-order valence-corrected chi connectivity index (χ1v) is 6.97. The summed E-state index contributed by atoms with van der Waals surface area (Å²) < 4.78 is 0. The van der Waals surface area contributed by atoms with Crippen LogP contribution >= 0.6 is 0 Å². The Morgan fingerprint density at radius 1 is 1.24 bits per heavy atom. The fourth-order valence-corrected chi connectivity index (χ4v) is 2.14. The summed E-state index contributed by atoms with van der Waals surface area (Å²) in [6.07, 6.45) is 0. The fraction of sp³-hybridized carbons (Fsp3) is 0.235. The lowest BCUT2D eigenvalue weighted by atomic mass is 10.1. The zero-order valence-corrected chi connectivity index (χ0v) is 12.4. The van der Waals surface area contributed by atoms with Gasteiger partial charge in [0.15, 0.2) is 5.84 Å². The molecule has 2 rings (SSSR count). The summed E-state index contributed by atoms with van der Waals surface area (Å²) in [7, 11) is 0. The number of benzene rings is 2. The first-order chi connectivity index (χ1) is 10.1. The molecule has 0 aliphatic carbocycles. The summed E-state index contributed by atoms with van der Waals surface area (Å²) in [5.41, 5.74) is 9.94. The number of nitrogens with zero attached hydrogens (tertiary/aromatic N) is 1. The molecule has 0 unspecified atom stereocenters. The summed E-state index contributed by atoms with van der Waals surface area (Å²) >= 11 is 0. The molecule has 2 aromatic rings. The zero-order valence-electron chi connectivity index (χ0n) is 12.4. The average molecular weight is 283 g/mol. The van der Waals surface area contributed by atoms with Crippen molar-refractivity contribution in [3.63, 3.8) is 0 Å². The van der Waals surface area contributed by atoms with Gasteiger partial charge in [-0.2, -0.15) is 0 Å². The molecule has 0 fully saturated rings. The zero-order chi connectivity index (χ0) is 15.2. The SMILES string of the molecule is Cc1ccc([C@@H](C)NCc2cccc(/C(N)=N/O)c2)cc1. The van der Waals surface area contributed by atoms with E-state index in [1.165, 1.54) is 11.1 Å². The van der Waals surface area contributed by atoms with Crippen molar-refractivity contribution in [1.29, 1.82) is 0 Å². The molecule has 4 heteroatoms. The molecule has 1 atom stereocenters. The van der Waals surface area contributed by atoms with Crippen LogP contribution in [0, 0.1) is 6.92 Å². The maximum atomic E-state index is 8.72. The first-order valence-electron chi connectivity index (χ1n) is 6.97. The number of hydrogen-bond acceptors (Lipinski definition) is 3. The number of rotatable bonds is 5. The van der Waals surface area contributed by atoms with E-state index in [1.807, 2.05) is 24.3 Å². The highest BCUT2D eigenvalue weighted by Crippen LogP contribution is 2.14. The minimum Gasteiger partial charge on any atom is -0.409 e. The second-order valence-electron chi connectivity index (χ2n) is 5.20. The molecule has 0 aliphatic heterocycles. The van der Waals surface area contributed by atoms with Crippen LogP contribution < -0.4 is 11.1 Å². The Balaban J connectivity index is 2.01. The second kappa shape index (κ2) is 6.90. The van der Waals surface area contributed by atoms with E-state index >= 15 is 0 Å². The van der Waals surface area contributed by atoms with Gasteiger partial charge in [0.1, 0.15) is 0 Å². The molecule has 0 aliphatic rings. The molecule has 4 N–H and O–H groups in total. The maximum Gasteiger partial charge on any atom is 0.170 e. The van der Waals surface area contributed by atoms with E-state index < -0.39 is 0 Å². The van der Waals surface area contributed by atoms with Crippen LogP contribution in [0.1, 0.15) is 35.2 Å². The third kappa shape index (κ3) is 4.07. The van der Waals surface area contributed by atoms with Crippen LogP contribution in [0.25, 0.3) is 0 Å². The van der Waals surface area contributed by atoms with Crippen LogP contribution in [-0.4, -0.2) is 11.0 Å². The Morgan fingerprint density at radius 3 is 2.62 bits per heavy atom. The molecule has 0 saturated carbocycles. The van der Waals surface area contributed by atoms with Crippen molar-refractivity contribution in [3.8, 4) is 0 Å². The number of oxime groups is 1. The third-order valence-corrected chi connectivity index (χ3v) is 3.52. The van der Waals surface area contributed by atoms with Gasteiger partial charge in [-0.05, 0) is 31.0 Å². The summed E-state index contributed by atoms with van der Waals surface area (Å²) in [5, 5.41) is 15.2. The average Bonchev–Trinajstić information content (AvgIpc) is 2.52. The molecule has 0 amide bonds. The minimum absolute atomic E-state index is 0.128. The van der Waals surface area contributed by atoms with Crippen LogP contribution in [0.5, 0.6) is 0 Å². The van der Waals surface area contributed by atoms with Gasteiger partial charge >= 0.3 is 0 Å². The monoisotopic (exact) mass is 283 g/mol. The van der Waals surface area contributed by atoms with Gasteiger partial charge in [-0.3, -0.25) is 0 Å². The predicted octanol–water partition coefficient (Wildman–Crippen LogP) is 2.94. The molecule has 0 saturated heterocycles. The number of hydrogen-bond donors (Lipinski definition) is 3. The standard InChI is InChI=1S/C17H21N3O/c1-12-6-8-15(9-7-12)13(2)19-11-14-4-3-5-16(10-14)17(18)20-21/h3-10,13,19,21H,11H2,1-2H3,(H2,18,20)/t13-/m1/s1. The third-order valence-electron chi connectivity index (χ3n) is 3.52. The highest BCUT2D eigenvalue weighted by molar-refractivity contribution is 5.97. The van der Waals surface area contributed by atoms with Crippen LogP contribution in [0.15, 0.2) is 53.7 Å². The molecule has 2 aromatic carbocycles. The molecular weight excluding hydrogens is 262 g/mol. The fourth-order valence-electron chi connectivity index (χ4n) is 2.14. The van der Waals surface area contributed by atoms with Crippen molar-refractivity contribution in [2.24, 2.45) is 10.9 Å². The van der Waals surface area contributed by atoms with E-state index in [0.717, 1.165) is 17.7 Å². The largest absolute Gasteiger partial charge is 0.409 e. The van der Waals surface area contributed by atoms with E-state index in [4.69, 9.17) is 10.9 Å². The Hall–Kier alpha value is -2.33. The van der Waals surface area contributed by atoms with Crippen LogP contribution in [-0.2, 0) is 6.54 Å². The molecule has 21 heavy (non-hydrogen) atoms. The van der Waals surface area contributed by atoms with Gasteiger partial charge in [-0.25, -0.2) is 0 Å². The van der Waals surface area contributed by atoms with Gasteiger partial charge in [0.2, 0.25) is 0 Å². The van der Waals surface area contributed by atoms with Crippen molar-refractivity contribution in [3.05, 3.63) is 70.8 Å². The quantitative estimate of drug-likeness (QED) is 0.342. The summed E-state index contributed by atoms with van der Waals surface area (Å²) in [4.78, 5) is 0. The van der Waals surface area contributed by atoms with E-state index in [9.17, 15) is 0 Å². The number of nitrogens with two attached hydrogens (primary N) is 1. The van der Waals surface area contributed by atoms with Crippen LogP contribution in [0.3, 0.4) is 0 Å². The van der Waals surface area contributed by atoms with Gasteiger partial charge < -0.3 is 16.3 Å². The molecule has 0 spiro atoms. The number of aryl methyl sites for hydroxylation is 1. The van der Waals surface area contributed by atoms with Crippen molar-refractivity contribution in [2.45, 2.75) is 26.4 Å². The minimum atomic E-state index is 0.128. The van der Waals surface area contributed by atoms with E-state index in [2.05, 4.69) is 48.6 Å². The molecule has 0 aromatic heterocycles. The van der Waals surface area contributed by atoms with Gasteiger partial charge in [0.05, 0.1) is 0 Å². The second-order valence-corrected chi connectivity index (χ2v) is 5.20. The van der Waals surface area contributed by atoms with E-state index in [1.54, 1.807) is 0 Å². The summed E-state index contributed by atoms with van der Waals surface area (Å²) in [6.45, 7) is 4.94. The summed E-state index contributed by atoms with van der Waals surface area (Å²) in [6, 6.07) is 16.4. The molecule has 110 valence electrons. The van der Waals surface area contributed by atoms with Gasteiger partial charge in [0.25, 0.3) is 0 Å². The predicted molar refractivity (Wildman–Crippen MR) is 85.4 cm³/mol. The Morgan fingerprint density at radius 2 is 1.95 bits per heavy atom. The maximum absolute atomic E-state index is 8.72.